The Morgan fingerprint density at radius 3 is 2.30 bits per heavy atom. The van der Waals surface area contributed by atoms with Crippen molar-refractivity contribution in [3.8, 4) is 17.2 Å². The number of H-pyrrole nitrogens is 1. The molecule has 1 aliphatic rings. The fraction of sp³-hybridized carbons (Fsp3) is 0.121. The van der Waals surface area contributed by atoms with E-state index in [4.69, 9.17) is 0 Å². The molecule has 0 atom stereocenters. The summed E-state index contributed by atoms with van der Waals surface area (Å²) >= 11 is 1.23. The van der Waals surface area contributed by atoms with Crippen molar-refractivity contribution < 1.29 is 27.9 Å². The number of nitriles is 1. The van der Waals surface area contributed by atoms with Gasteiger partial charge in [-0.3, -0.25) is 4.79 Å². The number of benzene rings is 4. The number of fused-ring (bicyclic) bond motifs is 1. The number of rotatable bonds is 7. The van der Waals surface area contributed by atoms with Gasteiger partial charge in [-0.1, -0.05) is 42.1 Å². The fourth-order valence-corrected chi connectivity index (χ4v) is 6.12. The maximum absolute atomic E-state index is 14.0. The quantitative estimate of drug-likeness (QED) is 0.176. The van der Waals surface area contributed by atoms with Crippen LogP contribution >= 0.6 is 11.8 Å². The number of aromatic nitrogens is 1. The maximum Gasteiger partial charge on any atom is 0.416 e. The third-order valence-corrected chi connectivity index (χ3v) is 8.59. The molecule has 0 saturated heterocycles. The van der Waals surface area contributed by atoms with Crippen molar-refractivity contribution >= 4 is 34.5 Å². The number of carbonyl (C=O) groups is 2. The van der Waals surface area contributed by atoms with E-state index in [-0.39, 0.29) is 11.5 Å². The lowest BCUT2D eigenvalue weighted by molar-refractivity contribution is -0.137. The predicted octanol–water partition coefficient (Wildman–Crippen LogP) is 7.99. The molecule has 6 nitrogen and oxygen atoms in total. The largest absolute Gasteiger partial charge is 0.478 e. The van der Waals surface area contributed by atoms with Crippen LogP contribution in [0, 0.1) is 11.3 Å². The minimum absolute atomic E-state index is 0.147. The fourth-order valence-electron chi connectivity index (χ4n) is 5.15. The van der Waals surface area contributed by atoms with Crippen molar-refractivity contribution in [1.82, 2.24) is 10.3 Å². The maximum atomic E-state index is 14.0. The molecule has 1 heterocycles. The molecule has 0 spiro atoms. The van der Waals surface area contributed by atoms with Crippen molar-refractivity contribution in [2.24, 2.45) is 0 Å². The molecular weight excluding hydrogens is 575 g/mol. The summed E-state index contributed by atoms with van der Waals surface area (Å²) in [6, 6.07) is 24.1. The smallest absolute Gasteiger partial charge is 0.416 e. The third-order valence-electron chi connectivity index (χ3n) is 7.54. The van der Waals surface area contributed by atoms with Crippen LogP contribution in [-0.2, 0) is 11.7 Å². The van der Waals surface area contributed by atoms with Gasteiger partial charge in [-0.25, -0.2) is 4.79 Å². The molecule has 0 radical (unpaired) electrons. The van der Waals surface area contributed by atoms with Crippen LogP contribution in [0.3, 0.4) is 0 Å². The first-order valence-electron chi connectivity index (χ1n) is 13.2. The summed E-state index contributed by atoms with van der Waals surface area (Å²) in [4.78, 5) is 29.8. The molecule has 1 aliphatic carbocycles. The van der Waals surface area contributed by atoms with E-state index in [1.165, 1.54) is 36.0 Å². The van der Waals surface area contributed by atoms with E-state index < -0.39 is 23.2 Å². The lowest BCUT2D eigenvalue weighted by Gasteiger charge is -2.19. The molecule has 3 N–H and O–H groups in total. The molecule has 1 saturated carbocycles. The molecule has 6 rings (SSSR count). The predicted molar refractivity (Wildman–Crippen MR) is 156 cm³/mol. The number of carboxylic acid groups (broad SMARTS) is 1. The molecule has 0 unspecified atom stereocenters. The normalized spacial score (nSPS) is 13.8. The molecule has 10 heteroatoms. The summed E-state index contributed by atoms with van der Waals surface area (Å²) in [5, 5.41) is 22.7. The summed E-state index contributed by atoms with van der Waals surface area (Å²) < 4.78 is 39.3. The van der Waals surface area contributed by atoms with Gasteiger partial charge in [0.05, 0.1) is 33.9 Å². The second kappa shape index (κ2) is 10.7. The SMILES string of the molecule is N#Cc1ccccc1-c1cc(C(=O)NC2(c3ccc(C(=O)O)cc3)CC2)c2c(Sc3ccc(C(F)(F)F)cc3)c[nH]c2c1. The van der Waals surface area contributed by atoms with Crippen molar-refractivity contribution in [1.29, 1.82) is 5.26 Å². The van der Waals surface area contributed by atoms with Gasteiger partial charge >= 0.3 is 12.1 Å². The summed E-state index contributed by atoms with van der Waals surface area (Å²) in [5.41, 5.74) is 2.24. The zero-order valence-corrected chi connectivity index (χ0v) is 23.1. The highest BCUT2D eigenvalue weighted by Gasteiger charge is 2.46. The Hall–Kier alpha value is -5.01. The number of nitrogens with one attached hydrogen (secondary N) is 2. The van der Waals surface area contributed by atoms with E-state index in [0.29, 0.717) is 55.8 Å². The summed E-state index contributed by atoms with van der Waals surface area (Å²) in [7, 11) is 0. The molecule has 0 aliphatic heterocycles. The first-order valence-corrected chi connectivity index (χ1v) is 14.1. The van der Waals surface area contributed by atoms with Gasteiger partial charge in [0.25, 0.3) is 5.91 Å². The Morgan fingerprint density at radius 2 is 1.67 bits per heavy atom. The summed E-state index contributed by atoms with van der Waals surface area (Å²) in [5.74, 6) is -1.40. The molecule has 1 aromatic heterocycles. The van der Waals surface area contributed by atoms with Crippen LogP contribution in [0.1, 0.15) is 50.2 Å². The number of aromatic amines is 1. The molecule has 214 valence electrons. The number of hydrogen-bond donors (Lipinski definition) is 3. The third kappa shape index (κ3) is 5.47. The zero-order chi connectivity index (χ0) is 30.4. The number of halogens is 3. The highest BCUT2D eigenvalue weighted by Crippen LogP contribution is 2.46. The molecular formula is C33H22F3N3O3S. The topological polar surface area (TPSA) is 106 Å². The van der Waals surface area contributed by atoms with Gasteiger partial charge < -0.3 is 15.4 Å². The molecule has 1 amide bonds. The molecule has 1 fully saturated rings. The van der Waals surface area contributed by atoms with E-state index in [2.05, 4.69) is 16.4 Å². The van der Waals surface area contributed by atoms with Crippen molar-refractivity contribution in [2.75, 3.05) is 0 Å². The van der Waals surface area contributed by atoms with Crippen LogP contribution in [0.5, 0.6) is 0 Å². The van der Waals surface area contributed by atoms with Gasteiger partial charge in [0.15, 0.2) is 0 Å². The van der Waals surface area contributed by atoms with Crippen molar-refractivity contribution in [2.45, 2.75) is 34.3 Å². The minimum Gasteiger partial charge on any atom is -0.478 e. The van der Waals surface area contributed by atoms with Crippen LogP contribution in [-0.4, -0.2) is 22.0 Å². The Morgan fingerprint density at radius 1 is 0.977 bits per heavy atom. The standard InChI is InChI=1S/C33H22F3N3O3S/c34-33(35,36)23-9-11-24(12-10-23)43-28-18-38-27-16-21(25-4-2-1-3-20(25)17-37)15-26(29(27)28)30(40)39-32(13-14-32)22-7-5-19(6-8-22)31(41)42/h1-12,15-16,18,38H,13-14H2,(H,39,40)(H,41,42). The van der Waals surface area contributed by atoms with Crippen LogP contribution in [0.25, 0.3) is 22.0 Å². The molecule has 0 bridgehead atoms. The first kappa shape index (κ1) is 28.1. The van der Waals surface area contributed by atoms with E-state index >= 15 is 0 Å². The summed E-state index contributed by atoms with van der Waals surface area (Å²) in [6.07, 6.45) is -1.39. The first-order chi connectivity index (χ1) is 20.6. The average Bonchev–Trinajstić information content (AvgIpc) is 3.68. The van der Waals surface area contributed by atoms with E-state index in [9.17, 15) is 33.1 Å². The Kier molecular flexibility index (Phi) is 6.98. The number of hydrogen-bond acceptors (Lipinski definition) is 4. The van der Waals surface area contributed by atoms with Crippen LogP contribution < -0.4 is 5.32 Å². The number of carboxylic acids is 1. The average molecular weight is 598 g/mol. The molecule has 43 heavy (non-hydrogen) atoms. The number of aromatic carboxylic acids is 1. The van der Waals surface area contributed by atoms with Gasteiger partial charge in [0.1, 0.15) is 0 Å². The lowest BCUT2D eigenvalue weighted by Crippen LogP contribution is -2.35. The van der Waals surface area contributed by atoms with Gasteiger partial charge in [-0.05, 0) is 84.1 Å². The van der Waals surface area contributed by atoms with Crippen LogP contribution in [0.4, 0.5) is 13.2 Å². The monoisotopic (exact) mass is 597 g/mol. The number of amides is 1. The number of carbonyl (C=O) groups excluding carboxylic acids is 1. The highest BCUT2D eigenvalue weighted by atomic mass is 32.2. The Bertz CT molecular complexity index is 1920. The van der Waals surface area contributed by atoms with Gasteiger partial charge in [0, 0.05) is 26.9 Å². The zero-order valence-electron chi connectivity index (χ0n) is 22.3. The number of alkyl halides is 3. The highest BCUT2D eigenvalue weighted by molar-refractivity contribution is 7.99. The Labute approximate surface area is 248 Å². The van der Waals surface area contributed by atoms with E-state index in [1.807, 2.05) is 6.07 Å². The van der Waals surface area contributed by atoms with E-state index in [0.717, 1.165) is 17.7 Å². The van der Waals surface area contributed by atoms with E-state index in [1.54, 1.807) is 48.7 Å². The van der Waals surface area contributed by atoms with Gasteiger partial charge in [-0.2, -0.15) is 18.4 Å². The number of nitrogens with zero attached hydrogens (tertiary/aromatic N) is 1. The van der Waals surface area contributed by atoms with Crippen LogP contribution in [0.15, 0.2) is 101 Å². The van der Waals surface area contributed by atoms with Crippen LogP contribution in [0.2, 0.25) is 0 Å². The molecule has 4 aromatic carbocycles. The minimum atomic E-state index is -4.45. The second-order valence-corrected chi connectivity index (χ2v) is 11.4. The second-order valence-electron chi connectivity index (χ2n) is 10.3. The summed E-state index contributed by atoms with van der Waals surface area (Å²) in [6.45, 7) is 0. The van der Waals surface area contributed by atoms with Gasteiger partial charge in [0.2, 0.25) is 0 Å². The lowest BCUT2D eigenvalue weighted by atomic mass is 9.96. The van der Waals surface area contributed by atoms with Gasteiger partial charge in [-0.15, -0.1) is 0 Å². The van der Waals surface area contributed by atoms with Crippen molar-refractivity contribution in [3.05, 3.63) is 119 Å². The Balaban J connectivity index is 1.41. The van der Waals surface area contributed by atoms with Crippen molar-refractivity contribution in [3.63, 3.8) is 0 Å². The molecule has 5 aromatic rings.